The van der Waals surface area contributed by atoms with Crippen molar-refractivity contribution in [3.05, 3.63) is 34.2 Å². The van der Waals surface area contributed by atoms with Gasteiger partial charge in [-0.2, -0.15) is 0 Å². The molecule has 78 valence electrons. The zero-order valence-electron chi connectivity index (χ0n) is 8.20. The molecule has 0 fully saturated rings. The summed E-state index contributed by atoms with van der Waals surface area (Å²) in [6.07, 6.45) is 2.61. The van der Waals surface area contributed by atoms with E-state index in [1.807, 2.05) is 6.07 Å². The van der Waals surface area contributed by atoms with Crippen LogP contribution < -0.4 is 5.56 Å². The van der Waals surface area contributed by atoms with E-state index < -0.39 is 0 Å². The number of halogens is 1. The summed E-state index contributed by atoms with van der Waals surface area (Å²) in [5, 5.41) is 0. The molecule has 0 aliphatic heterocycles. The van der Waals surface area contributed by atoms with Crippen LogP contribution in [0.1, 0.15) is 12.0 Å². The lowest BCUT2D eigenvalue weighted by atomic mass is 10.3. The molecule has 0 spiro atoms. The number of aryl methyl sites for hydroxylation is 1. The van der Waals surface area contributed by atoms with E-state index >= 15 is 0 Å². The normalized spacial score (nSPS) is 10.4. The highest BCUT2D eigenvalue weighted by Crippen LogP contribution is 1.97. The second kappa shape index (κ2) is 5.83. The number of rotatable bonds is 5. The zero-order valence-corrected chi connectivity index (χ0v) is 8.96. The number of hydrogen-bond acceptors (Lipinski definition) is 2. The van der Waals surface area contributed by atoms with Crippen LogP contribution in [0.4, 0.5) is 0 Å². The van der Waals surface area contributed by atoms with Crippen molar-refractivity contribution in [3.8, 4) is 0 Å². The van der Waals surface area contributed by atoms with Crippen LogP contribution in [-0.2, 0) is 17.2 Å². The highest BCUT2D eigenvalue weighted by molar-refractivity contribution is 6.17. The number of pyridine rings is 1. The van der Waals surface area contributed by atoms with Crippen molar-refractivity contribution in [3.63, 3.8) is 0 Å². The molecule has 0 radical (unpaired) electrons. The van der Waals surface area contributed by atoms with Gasteiger partial charge < -0.3 is 9.30 Å². The Hall–Kier alpha value is -0.800. The number of methoxy groups -OCH3 is 1. The lowest BCUT2D eigenvalue weighted by Gasteiger charge is -2.05. The molecular weight excluding hydrogens is 202 g/mol. The van der Waals surface area contributed by atoms with Crippen molar-refractivity contribution >= 4 is 11.6 Å². The third kappa shape index (κ3) is 2.86. The molecule has 0 bridgehead atoms. The summed E-state index contributed by atoms with van der Waals surface area (Å²) in [7, 11) is 1.65. The third-order valence-electron chi connectivity index (χ3n) is 1.99. The monoisotopic (exact) mass is 215 g/mol. The summed E-state index contributed by atoms with van der Waals surface area (Å²) >= 11 is 5.63. The quantitative estimate of drug-likeness (QED) is 0.552. The molecule has 0 unspecified atom stereocenters. The Balaban J connectivity index is 2.72. The predicted octanol–water partition coefficient (Wildman–Crippen LogP) is 1.62. The summed E-state index contributed by atoms with van der Waals surface area (Å²) in [5.74, 6) is 0.268. The third-order valence-corrected chi connectivity index (χ3v) is 2.28. The van der Waals surface area contributed by atoms with Gasteiger partial charge in [0.05, 0.1) is 5.88 Å². The Morgan fingerprint density at radius 3 is 3.00 bits per heavy atom. The Bertz CT molecular complexity index is 335. The lowest BCUT2D eigenvalue weighted by molar-refractivity contribution is 0.190. The van der Waals surface area contributed by atoms with Crippen LogP contribution in [0.15, 0.2) is 23.1 Å². The fraction of sp³-hybridized carbons (Fsp3) is 0.500. The van der Waals surface area contributed by atoms with Gasteiger partial charge in [0.1, 0.15) is 0 Å². The van der Waals surface area contributed by atoms with Crippen LogP contribution in [0.25, 0.3) is 0 Å². The smallest absolute Gasteiger partial charge is 0.254 e. The molecule has 0 N–H and O–H groups in total. The molecule has 0 aliphatic carbocycles. The SMILES string of the molecule is COCCCn1cccc(CCl)c1=O. The molecule has 1 rings (SSSR count). The minimum Gasteiger partial charge on any atom is -0.385 e. The first-order valence-electron chi connectivity index (χ1n) is 4.53. The van der Waals surface area contributed by atoms with E-state index in [0.29, 0.717) is 18.7 Å². The van der Waals surface area contributed by atoms with E-state index in [9.17, 15) is 4.79 Å². The maximum Gasteiger partial charge on any atom is 0.254 e. The minimum absolute atomic E-state index is 0.00129. The summed E-state index contributed by atoms with van der Waals surface area (Å²) in [6.45, 7) is 1.34. The summed E-state index contributed by atoms with van der Waals surface area (Å²) in [5.41, 5.74) is 0.644. The maximum absolute atomic E-state index is 11.6. The van der Waals surface area contributed by atoms with Gasteiger partial charge in [0.2, 0.25) is 0 Å². The Morgan fingerprint density at radius 1 is 1.57 bits per heavy atom. The van der Waals surface area contributed by atoms with Crippen LogP contribution in [0, 0.1) is 0 Å². The lowest BCUT2D eigenvalue weighted by Crippen LogP contribution is -2.22. The molecule has 1 aromatic rings. The molecule has 0 aliphatic rings. The molecule has 4 heteroatoms. The van der Waals surface area contributed by atoms with Crippen molar-refractivity contribution in [2.24, 2.45) is 0 Å². The average molecular weight is 216 g/mol. The highest BCUT2D eigenvalue weighted by Gasteiger charge is 2.00. The molecule has 1 aromatic heterocycles. The average Bonchev–Trinajstić information content (AvgIpc) is 2.21. The molecule has 0 saturated carbocycles. The summed E-state index contributed by atoms with van der Waals surface area (Å²) < 4.78 is 6.58. The Kier molecular flexibility index (Phi) is 4.70. The zero-order chi connectivity index (χ0) is 10.4. The van der Waals surface area contributed by atoms with Gasteiger partial charge in [-0.1, -0.05) is 6.07 Å². The van der Waals surface area contributed by atoms with Gasteiger partial charge in [-0.3, -0.25) is 4.79 Å². The van der Waals surface area contributed by atoms with Crippen molar-refractivity contribution in [1.82, 2.24) is 4.57 Å². The number of nitrogens with zero attached hydrogens (tertiary/aromatic N) is 1. The van der Waals surface area contributed by atoms with Crippen molar-refractivity contribution in [1.29, 1.82) is 0 Å². The fourth-order valence-electron chi connectivity index (χ4n) is 1.24. The fourth-order valence-corrected chi connectivity index (χ4v) is 1.45. The van der Waals surface area contributed by atoms with E-state index in [4.69, 9.17) is 16.3 Å². The van der Waals surface area contributed by atoms with Crippen LogP contribution >= 0.6 is 11.6 Å². The van der Waals surface area contributed by atoms with Gasteiger partial charge >= 0.3 is 0 Å². The second-order valence-corrected chi connectivity index (χ2v) is 3.28. The van der Waals surface area contributed by atoms with Crippen LogP contribution in [0.2, 0.25) is 0 Å². The Morgan fingerprint density at radius 2 is 2.36 bits per heavy atom. The molecule has 1 heterocycles. The number of alkyl halides is 1. The van der Waals surface area contributed by atoms with Gasteiger partial charge in [-0.25, -0.2) is 0 Å². The summed E-state index contributed by atoms with van der Waals surface area (Å²) in [6, 6.07) is 3.59. The molecule has 14 heavy (non-hydrogen) atoms. The number of ether oxygens (including phenoxy) is 1. The van der Waals surface area contributed by atoms with E-state index in [2.05, 4.69) is 0 Å². The van der Waals surface area contributed by atoms with Crippen molar-refractivity contribution < 1.29 is 4.74 Å². The number of hydrogen-bond donors (Lipinski definition) is 0. The van der Waals surface area contributed by atoms with Crippen LogP contribution in [-0.4, -0.2) is 18.3 Å². The maximum atomic E-state index is 11.6. The first-order valence-corrected chi connectivity index (χ1v) is 5.06. The molecular formula is C10H14ClNO2. The van der Waals surface area contributed by atoms with E-state index in [-0.39, 0.29) is 11.4 Å². The van der Waals surface area contributed by atoms with Gasteiger partial charge in [-0.05, 0) is 12.5 Å². The first kappa shape index (κ1) is 11.3. The molecule has 0 amide bonds. The Labute approximate surface area is 88.3 Å². The van der Waals surface area contributed by atoms with E-state index in [1.165, 1.54) is 0 Å². The van der Waals surface area contributed by atoms with Crippen LogP contribution in [0.3, 0.4) is 0 Å². The van der Waals surface area contributed by atoms with Gasteiger partial charge in [0.15, 0.2) is 0 Å². The van der Waals surface area contributed by atoms with Gasteiger partial charge in [0.25, 0.3) is 5.56 Å². The van der Waals surface area contributed by atoms with Crippen LogP contribution in [0.5, 0.6) is 0 Å². The molecule has 0 atom stereocenters. The summed E-state index contributed by atoms with van der Waals surface area (Å²) in [4.78, 5) is 11.6. The number of aromatic nitrogens is 1. The molecule has 3 nitrogen and oxygen atoms in total. The van der Waals surface area contributed by atoms with Gasteiger partial charge in [-0.15, -0.1) is 11.6 Å². The standard InChI is InChI=1S/C10H14ClNO2/c1-14-7-3-6-12-5-2-4-9(8-11)10(12)13/h2,4-5H,3,6-8H2,1H3. The molecule has 0 aromatic carbocycles. The topological polar surface area (TPSA) is 31.2 Å². The van der Waals surface area contributed by atoms with E-state index in [0.717, 1.165) is 6.42 Å². The van der Waals surface area contributed by atoms with E-state index in [1.54, 1.807) is 23.9 Å². The second-order valence-electron chi connectivity index (χ2n) is 3.01. The first-order chi connectivity index (χ1) is 6.79. The molecule has 0 saturated heterocycles. The van der Waals surface area contributed by atoms with Crippen molar-refractivity contribution in [2.45, 2.75) is 18.8 Å². The van der Waals surface area contributed by atoms with Crippen molar-refractivity contribution in [2.75, 3.05) is 13.7 Å². The largest absolute Gasteiger partial charge is 0.385 e. The minimum atomic E-state index is -0.00129. The van der Waals surface area contributed by atoms with Gasteiger partial charge in [0, 0.05) is 32.0 Å². The highest BCUT2D eigenvalue weighted by atomic mass is 35.5. The predicted molar refractivity (Wildman–Crippen MR) is 56.8 cm³/mol.